The highest BCUT2D eigenvalue weighted by Crippen LogP contribution is 2.47. The van der Waals surface area contributed by atoms with Crippen LogP contribution in [0.5, 0.6) is 0 Å². The van der Waals surface area contributed by atoms with Crippen LogP contribution in [0.15, 0.2) is 332 Å². The van der Waals surface area contributed by atoms with Gasteiger partial charge < -0.3 is 13.6 Å². The standard InChI is InChI=1S/C90H54N8OS/c1-5-22-56(23-6-1)85-91-86(57-24-7-2-8-25-57)94-89(93-85)71-47-46-66(84-83(71)69-34-15-19-38-79(69)99-84)61-43-49-78-73(52-61)68-33-14-18-37-76(68)98(78)65-44-40-55(41-45-65)59-28-21-29-62(50-59)88-92-87(58-26-9-3-10-27-58)95-90(96-88)74-53-63(54-81-82(74)70-35-16-20-39-80(70)100-81)60-42-48-77-72(51-60)67-32-13-17-36-75(67)97(77)64-30-11-4-12-31-64/h1-54H. The molecule has 0 aliphatic rings. The second-order valence-corrected chi connectivity index (χ2v) is 26.4. The molecule has 466 valence electrons. The average Bonchev–Trinajstić information content (AvgIpc) is 1.57. The molecule has 0 radical (unpaired) electrons. The van der Waals surface area contributed by atoms with Crippen molar-refractivity contribution in [3.8, 4) is 113 Å². The Morgan fingerprint density at radius 1 is 0.230 bits per heavy atom. The Labute approximate surface area is 577 Å². The van der Waals surface area contributed by atoms with Gasteiger partial charge in [-0.15, -0.1) is 11.3 Å². The lowest BCUT2D eigenvalue weighted by Crippen LogP contribution is -2.01. The maximum atomic E-state index is 6.92. The monoisotopic (exact) mass is 1290 g/mol. The van der Waals surface area contributed by atoms with Crippen LogP contribution in [0.2, 0.25) is 0 Å². The van der Waals surface area contributed by atoms with Gasteiger partial charge in [-0.25, -0.2) is 29.9 Å². The third kappa shape index (κ3) is 9.52. The summed E-state index contributed by atoms with van der Waals surface area (Å²) >= 11 is 1.80. The molecule has 0 bridgehead atoms. The quantitative estimate of drug-likeness (QED) is 0.127. The Balaban J connectivity index is 0.672. The number of fused-ring (bicyclic) bond motifs is 12. The second-order valence-electron chi connectivity index (χ2n) is 25.3. The van der Waals surface area contributed by atoms with Gasteiger partial charge in [-0.05, 0) is 131 Å². The van der Waals surface area contributed by atoms with Gasteiger partial charge in [-0.2, -0.15) is 0 Å². The minimum Gasteiger partial charge on any atom is -0.455 e. The molecule has 0 aliphatic carbocycles. The number of aromatic nitrogens is 8. The van der Waals surface area contributed by atoms with Crippen molar-refractivity contribution in [1.29, 1.82) is 0 Å². The number of nitrogens with zero attached hydrogens (tertiary/aromatic N) is 8. The van der Waals surface area contributed by atoms with Crippen LogP contribution in [0.4, 0.5) is 0 Å². The summed E-state index contributed by atoms with van der Waals surface area (Å²) in [7, 11) is 0. The third-order valence-electron chi connectivity index (χ3n) is 19.4. The molecule has 0 unspecified atom stereocenters. The van der Waals surface area contributed by atoms with Crippen LogP contribution >= 0.6 is 11.3 Å². The Morgan fingerprint density at radius 3 is 1.30 bits per heavy atom. The van der Waals surface area contributed by atoms with E-state index in [9.17, 15) is 0 Å². The van der Waals surface area contributed by atoms with Crippen molar-refractivity contribution in [2.75, 3.05) is 0 Å². The van der Waals surface area contributed by atoms with Gasteiger partial charge in [0, 0.05) is 103 Å². The first-order valence-corrected chi connectivity index (χ1v) is 34.3. The SMILES string of the molecule is c1ccc(-c2nc(-c3cccc(-c4ccc(-n5c6ccccc6c6cc(-c7ccc(-c8nc(-c9ccccc9)nc(-c9ccccc9)n8)c8c7oc7ccccc78)ccc65)cc4)c3)nc(-c3cc(-c4ccc5c(c4)c4ccccc4n5-c4ccccc4)cc4sc5ccccc5c34)n2)cc1. The maximum Gasteiger partial charge on any atom is 0.164 e. The number of thiophene rings is 1. The maximum absolute atomic E-state index is 6.92. The van der Waals surface area contributed by atoms with Crippen LogP contribution in [-0.2, 0) is 0 Å². The highest BCUT2D eigenvalue weighted by molar-refractivity contribution is 7.26. The molecule has 10 heteroatoms. The molecule has 0 atom stereocenters. The zero-order chi connectivity index (χ0) is 65.8. The van der Waals surface area contributed by atoms with Crippen molar-refractivity contribution in [2.45, 2.75) is 0 Å². The van der Waals surface area contributed by atoms with E-state index >= 15 is 0 Å². The van der Waals surface area contributed by atoms with Gasteiger partial charge in [0.15, 0.2) is 34.9 Å². The molecule has 100 heavy (non-hydrogen) atoms. The summed E-state index contributed by atoms with van der Waals surface area (Å²) in [6.45, 7) is 0. The number of para-hydroxylation sites is 4. The first-order valence-electron chi connectivity index (χ1n) is 33.5. The van der Waals surface area contributed by atoms with Gasteiger partial charge >= 0.3 is 0 Å². The predicted octanol–water partition coefficient (Wildman–Crippen LogP) is 23.5. The van der Waals surface area contributed by atoms with Gasteiger partial charge in [0.2, 0.25) is 0 Å². The lowest BCUT2D eigenvalue weighted by molar-refractivity contribution is 0.670. The highest BCUT2D eigenvalue weighted by Gasteiger charge is 2.25. The first kappa shape index (κ1) is 57.0. The summed E-state index contributed by atoms with van der Waals surface area (Å²) in [5, 5.41) is 8.92. The smallest absolute Gasteiger partial charge is 0.164 e. The van der Waals surface area contributed by atoms with E-state index in [0.717, 1.165) is 133 Å². The molecule has 0 N–H and O–H groups in total. The Hall–Kier alpha value is -13.3. The van der Waals surface area contributed by atoms with Crippen LogP contribution in [0, 0.1) is 0 Å². The van der Waals surface area contributed by atoms with Gasteiger partial charge in [0.25, 0.3) is 0 Å². The molecule has 20 aromatic rings. The molecule has 14 aromatic carbocycles. The largest absolute Gasteiger partial charge is 0.455 e. The van der Waals surface area contributed by atoms with Gasteiger partial charge in [0.05, 0.1) is 22.1 Å². The van der Waals surface area contributed by atoms with Crippen LogP contribution in [0.1, 0.15) is 0 Å². The summed E-state index contributed by atoms with van der Waals surface area (Å²) in [4.78, 5) is 31.5. The molecule has 6 heterocycles. The number of benzene rings is 14. The molecular weight excluding hydrogens is 1240 g/mol. The molecule has 9 nitrogen and oxygen atoms in total. The lowest BCUT2D eigenvalue weighted by atomic mass is 9.97. The first-order chi connectivity index (χ1) is 49.5. The van der Waals surface area contributed by atoms with E-state index in [1.807, 2.05) is 91.0 Å². The normalized spacial score (nSPS) is 11.8. The molecule has 0 amide bonds. The van der Waals surface area contributed by atoms with E-state index in [-0.39, 0.29) is 0 Å². The van der Waals surface area contributed by atoms with Crippen molar-refractivity contribution in [3.63, 3.8) is 0 Å². The number of rotatable bonds is 11. The fourth-order valence-corrected chi connectivity index (χ4v) is 15.9. The highest BCUT2D eigenvalue weighted by atomic mass is 32.1. The fraction of sp³-hybridized carbons (Fsp3) is 0. The van der Waals surface area contributed by atoms with Crippen molar-refractivity contribution in [1.82, 2.24) is 39.0 Å². The minimum atomic E-state index is 0.574. The molecular formula is C90H54N8OS. The van der Waals surface area contributed by atoms with Crippen molar-refractivity contribution >= 4 is 97.1 Å². The third-order valence-corrected chi connectivity index (χ3v) is 20.6. The second kappa shape index (κ2) is 23.2. The van der Waals surface area contributed by atoms with E-state index in [1.54, 1.807) is 11.3 Å². The molecule has 0 spiro atoms. The van der Waals surface area contributed by atoms with Gasteiger partial charge in [0.1, 0.15) is 11.2 Å². The molecule has 0 saturated carbocycles. The van der Waals surface area contributed by atoms with Crippen LogP contribution in [-0.4, -0.2) is 39.0 Å². The van der Waals surface area contributed by atoms with E-state index in [1.165, 1.54) is 31.1 Å². The zero-order valence-electron chi connectivity index (χ0n) is 53.6. The van der Waals surface area contributed by atoms with E-state index in [4.69, 9.17) is 34.3 Å². The molecule has 0 saturated heterocycles. The van der Waals surface area contributed by atoms with Gasteiger partial charge in [-0.1, -0.05) is 224 Å². The number of hydrogen-bond donors (Lipinski definition) is 0. The lowest BCUT2D eigenvalue weighted by Gasteiger charge is -2.13. The average molecular weight is 1300 g/mol. The van der Waals surface area contributed by atoms with E-state index in [0.29, 0.717) is 34.9 Å². The Morgan fingerprint density at radius 2 is 0.670 bits per heavy atom. The molecule has 6 aromatic heterocycles. The van der Waals surface area contributed by atoms with Crippen LogP contribution in [0.3, 0.4) is 0 Å². The summed E-state index contributed by atoms with van der Waals surface area (Å²) in [6.07, 6.45) is 0. The van der Waals surface area contributed by atoms with Crippen LogP contribution in [0.25, 0.3) is 199 Å². The predicted molar refractivity (Wildman–Crippen MR) is 411 cm³/mol. The number of hydrogen-bond acceptors (Lipinski definition) is 8. The molecule has 0 aliphatic heterocycles. The van der Waals surface area contributed by atoms with E-state index in [2.05, 4.69) is 246 Å². The zero-order valence-corrected chi connectivity index (χ0v) is 54.4. The summed E-state index contributed by atoms with van der Waals surface area (Å²) in [5.74, 6) is 3.59. The molecule has 20 rings (SSSR count). The van der Waals surface area contributed by atoms with Crippen molar-refractivity contribution < 1.29 is 4.42 Å². The Bertz CT molecular complexity index is 6580. The van der Waals surface area contributed by atoms with Crippen molar-refractivity contribution in [2.24, 2.45) is 0 Å². The number of furan rings is 1. The summed E-state index contributed by atoms with van der Waals surface area (Å²) < 4.78 is 14.0. The minimum absolute atomic E-state index is 0.574. The topological polar surface area (TPSA) is 100 Å². The van der Waals surface area contributed by atoms with Crippen LogP contribution < -0.4 is 0 Å². The molecule has 0 fully saturated rings. The summed E-state index contributed by atoms with van der Waals surface area (Å²) in [5.41, 5.74) is 20.0. The van der Waals surface area contributed by atoms with Gasteiger partial charge in [-0.3, -0.25) is 0 Å². The van der Waals surface area contributed by atoms with Crippen molar-refractivity contribution in [3.05, 3.63) is 328 Å². The van der Waals surface area contributed by atoms with E-state index < -0.39 is 0 Å². The summed E-state index contributed by atoms with van der Waals surface area (Å²) in [6, 6.07) is 115. The fourth-order valence-electron chi connectivity index (χ4n) is 14.8. The Kier molecular flexibility index (Phi) is 13.2.